The maximum Gasteiger partial charge on any atom is 0.262 e. The second-order valence-corrected chi connectivity index (χ2v) is 8.34. The molecular formula is C22H24Cl3N3O3. The van der Waals surface area contributed by atoms with Crippen LogP contribution >= 0.6 is 34.8 Å². The molecule has 0 saturated heterocycles. The van der Waals surface area contributed by atoms with Gasteiger partial charge in [-0.25, -0.2) is 5.43 Å². The molecule has 166 valence electrons. The first-order chi connectivity index (χ1) is 14.7. The lowest BCUT2D eigenvalue weighted by Crippen LogP contribution is -2.48. The fraction of sp³-hybridized carbons (Fsp3) is 0.318. The molecule has 9 heteroatoms. The van der Waals surface area contributed by atoms with Crippen molar-refractivity contribution in [3.8, 4) is 5.75 Å². The molecule has 0 aliphatic carbocycles. The van der Waals surface area contributed by atoms with E-state index in [1.165, 1.54) is 24.4 Å². The summed E-state index contributed by atoms with van der Waals surface area (Å²) in [6, 6.07) is 8.85. The van der Waals surface area contributed by atoms with Gasteiger partial charge in [0.15, 0.2) is 0 Å². The smallest absolute Gasteiger partial charge is 0.262 e. The second kappa shape index (κ2) is 11.9. The Bertz CT molecular complexity index is 964. The second-order valence-electron chi connectivity index (χ2n) is 7.09. The minimum Gasteiger partial charge on any atom is -0.493 e. The lowest BCUT2D eigenvalue weighted by atomic mass is 10.0. The number of rotatable bonds is 9. The maximum atomic E-state index is 12.6. The van der Waals surface area contributed by atoms with E-state index in [1.54, 1.807) is 18.2 Å². The number of nitrogens with one attached hydrogen (secondary N) is 2. The molecule has 2 aromatic carbocycles. The fourth-order valence-electron chi connectivity index (χ4n) is 2.60. The van der Waals surface area contributed by atoms with Crippen molar-refractivity contribution in [2.75, 3.05) is 6.61 Å². The Morgan fingerprint density at radius 3 is 2.48 bits per heavy atom. The van der Waals surface area contributed by atoms with Crippen molar-refractivity contribution in [3.05, 3.63) is 62.6 Å². The first-order valence-corrected chi connectivity index (χ1v) is 10.9. The van der Waals surface area contributed by atoms with Gasteiger partial charge in [-0.3, -0.25) is 9.59 Å². The van der Waals surface area contributed by atoms with E-state index >= 15 is 0 Å². The third-order valence-corrected chi connectivity index (χ3v) is 5.20. The summed E-state index contributed by atoms with van der Waals surface area (Å²) in [6.45, 7) is 6.18. The van der Waals surface area contributed by atoms with Crippen molar-refractivity contribution in [2.45, 2.75) is 33.2 Å². The van der Waals surface area contributed by atoms with Crippen molar-refractivity contribution >= 4 is 52.8 Å². The van der Waals surface area contributed by atoms with Gasteiger partial charge < -0.3 is 10.1 Å². The Labute approximate surface area is 196 Å². The molecule has 0 aliphatic rings. The number of nitrogens with zero attached hydrogens (tertiary/aromatic N) is 1. The van der Waals surface area contributed by atoms with E-state index in [-0.39, 0.29) is 10.9 Å². The molecule has 0 aliphatic heterocycles. The molecule has 0 aromatic heterocycles. The number of benzene rings is 2. The molecule has 31 heavy (non-hydrogen) atoms. The van der Waals surface area contributed by atoms with Crippen LogP contribution in [0.5, 0.6) is 5.75 Å². The van der Waals surface area contributed by atoms with Gasteiger partial charge >= 0.3 is 0 Å². The zero-order chi connectivity index (χ0) is 23.0. The quantitative estimate of drug-likeness (QED) is 0.372. The largest absolute Gasteiger partial charge is 0.493 e. The van der Waals surface area contributed by atoms with Crippen LogP contribution in [-0.4, -0.2) is 30.7 Å². The molecule has 0 bridgehead atoms. The Hall–Kier alpha value is -2.28. The molecule has 0 radical (unpaired) electrons. The SMILES string of the molecule is CCCOc1ccc(Cl)cc1/C=N/NC(=O)C(NC(=O)c1ccc(Cl)c(Cl)c1)C(C)C. The molecule has 2 aromatic rings. The molecule has 0 saturated carbocycles. The van der Waals surface area contributed by atoms with Gasteiger partial charge in [-0.2, -0.15) is 5.10 Å². The highest BCUT2D eigenvalue weighted by Gasteiger charge is 2.24. The first kappa shape index (κ1) is 25.0. The van der Waals surface area contributed by atoms with Crippen LogP contribution in [0.25, 0.3) is 0 Å². The standard InChI is InChI=1S/C22H24Cl3N3O3/c1-4-9-31-19-8-6-16(23)10-15(19)12-26-28-22(30)20(13(2)3)27-21(29)14-5-7-17(24)18(25)11-14/h5-8,10-13,20H,4,9H2,1-3H3,(H,27,29)(H,28,30)/b26-12+. The Morgan fingerprint density at radius 1 is 1.10 bits per heavy atom. The fourth-order valence-corrected chi connectivity index (χ4v) is 3.07. The molecular weight excluding hydrogens is 461 g/mol. The van der Waals surface area contributed by atoms with Gasteiger partial charge in [-0.05, 0) is 48.7 Å². The summed E-state index contributed by atoms with van der Waals surface area (Å²) in [5.41, 5.74) is 3.39. The summed E-state index contributed by atoms with van der Waals surface area (Å²) in [7, 11) is 0. The third-order valence-electron chi connectivity index (χ3n) is 4.23. The molecule has 2 rings (SSSR count). The number of halogens is 3. The number of hydrazone groups is 1. The molecule has 0 spiro atoms. The average Bonchev–Trinajstić information content (AvgIpc) is 2.72. The van der Waals surface area contributed by atoms with E-state index in [0.29, 0.717) is 33.5 Å². The number of carbonyl (C=O) groups excluding carboxylic acids is 2. The Balaban J connectivity index is 2.08. The van der Waals surface area contributed by atoms with Gasteiger partial charge in [0.2, 0.25) is 0 Å². The van der Waals surface area contributed by atoms with E-state index in [9.17, 15) is 9.59 Å². The zero-order valence-electron chi connectivity index (χ0n) is 17.4. The minimum atomic E-state index is -0.811. The van der Waals surface area contributed by atoms with Crippen LogP contribution in [0.1, 0.15) is 43.1 Å². The van der Waals surface area contributed by atoms with Gasteiger partial charge in [-0.1, -0.05) is 55.6 Å². The third kappa shape index (κ3) is 7.42. The van der Waals surface area contributed by atoms with Crippen molar-refractivity contribution in [2.24, 2.45) is 11.0 Å². The van der Waals surface area contributed by atoms with E-state index < -0.39 is 17.9 Å². The predicted molar refractivity (Wildman–Crippen MR) is 126 cm³/mol. The molecule has 0 fully saturated rings. The normalized spacial score (nSPS) is 12.1. The van der Waals surface area contributed by atoms with Gasteiger partial charge in [0.25, 0.3) is 11.8 Å². The summed E-state index contributed by atoms with van der Waals surface area (Å²) < 4.78 is 5.66. The van der Waals surface area contributed by atoms with Crippen LogP contribution in [0, 0.1) is 5.92 Å². The topological polar surface area (TPSA) is 79.8 Å². The zero-order valence-corrected chi connectivity index (χ0v) is 19.7. The molecule has 1 atom stereocenters. The summed E-state index contributed by atoms with van der Waals surface area (Å²) in [5, 5.41) is 7.83. The van der Waals surface area contributed by atoms with Crippen molar-refractivity contribution < 1.29 is 14.3 Å². The van der Waals surface area contributed by atoms with Crippen molar-refractivity contribution in [3.63, 3.8) is 0 Å². The van der Waals surface area contributed by atoms with E-state index in [2.05, 4.69) is 15.8 Å². The number of carbonyl (C=O) groups is 2. The van der Waals surface area contributed by atoms with Crippen LogP contribution in [0.15, 0.2) is 41.5 Å². The lowest BCUT2D eigenvalue weighted by Gasteiger charge is -2.20. The summed E-state index contributed by atoms with van der Waals surface area (Å²) in [4.78, 5) is 25.2. The van der Waals surface area contributed by atoms with Gasteiger partial charge in [0, 0.05) is 16.1 Å². The van der Waals surface area contributed by atoms with Crippen LogP contribution in [-0.2, 0) is 4.79 Å². The summed E-state index contributed by atoms with van der Waals surface area (Å²) in [6.07, 6.45) is 2.30. The highest BCUT2D eigenvalue weighted by atomic mass is 35.5. The van der Waals surface area contributed by atoms with E-state index in [0.717, 1.165) is 6.42 Å². The van der Waals surface area contributed by atoms with Crippen molar-refractivity contribution in [1.29, 1.82) is 0 Å². The summed E-state index contributed by atoms with van der Waals surface area (Å²) in [5.74, 6) is -0.478. The molecule has 6 nitrogen and oxygen atoms in total. The average molecular weight is 485 g/mol. The van der Waals surface area contributed by atoms with Gasteiger partial charge in [-0.15, -0.1) is 0 Å². The number of amides is 2. The number of hydrogen-bond donors (Lipinski definition) is 2. The monoisotopic (exact) mass is 483 g/mol. The van der Waals surface area contributed by atoms with Crippen LogP contribution in [0.3, 0.4) is 0 Å². The summed E-state index contributed by atoms with van der Waals surface area (Å²) >= 11 is 17.9. The molecule has 2 N–H and O–H groups in total. The number of ether oxygens (including phenoxy) is 1. The van der Waals surface area contributed by atoms with E-state index in [1.807, 2.05) is 20.8 Å². The molecule has 2 amide bonds. The molecule has 0 heterocycles. The Morgan fingerprint density at radius 2 is 1.84 bits per heavy atom. The van der Waals surface area contributed by atoms with Crippen LogP contribution in [0.4, 0.5) is 0 Å². The first-order valence-electron chi connectivity index (χ1n) is 9.74. The van der Waals surface area contributed by atoms with Crippen LogP contribution in [0.2, 0.25) is 15.1 Å². The minimum absolute atomic E-state index is 0.184. The predicted octanol–water partition coefficient (Wildman–Crippen LogP) is 5.34. The van der Waals surface area contributed by atoms with Gasteiger partial charge in [0.1, 0.15) is 11.8 Å². The number of hydrogen-bond acceptors (Lipinski definition) is 4. The molecule has 1 unspecified atom stereocenters. The lowest BCUT2D eigenvalue weighted by molar-refractivity contribution is -0.123. The van der Waals surface area contributed by atoms with Crippen LogP contribution < -0.4 is 15.5 Å². The van der Waals surface area contributed by atoms with Crippen molar-refractivity contribution in [1.82, 2.24) is 10.7 Å². The highest BCUT2D eigenvalue weighted by molar-refractivity contribution is 6.42. The van der Waals surface area contributed by atoms with E-state index in [4.69, 9.17) is 39.5 Å². The maximum absolute atomic E-state index is 12.6. The van der Waals surface area contributed by atoms with Gasteiger partial charge in [0.05, 0.1) is 22.9 Å². The Kier molecular flexibility index (Phi) is 9.62. The highest BCUT2D eigenvalue weighted by Crippen LogP contribution is 2.23.